The third kappa shape index (κ3) is 6.23. The number of methoxy groups -OCH3 is 1. The molecule has 0 fully saturated rings. The lowest BCUT2D eigenvalue weighted by molar-refractivity contribution is -0.137. The summed E-state index contributed by atoms with van der Waals surface area (Å²) in [7, 11) is 1.55. The van der Waals surface area contributed by atoms with Gasteiger partial charge in [0.2, 0.25) is 0 Å². The molecule has 2 N–H and O–H groups in total. The van der Waals surface area contributed by atoms with Crippen LogP contribution in [0.5, 0.6) is 0 Å². The van der Waals surface area contributed by atoms with Crippen LogP contribution < -0.4 is 5.32 Å². The number of aliphatic carboxylic acids is 1. The Hall–Kier alpha value is -1.30. The average molecular weight is 232 g/mol. The molecule has 0 aromatic carbocycles. The molecule has 2 amide bonds. The van der Waals surface area contributed by atoms with Gasteiger partial charge in [0, 0.05) is 13.7 Å². The van der Waals surface area contributed by atoms with Crippen molar-refractivity contribution in [3.63, 3.8) is 0 Å². The maximum absolute atomic E-state index is 11.6. The molecule has 94 valence electrons. The van der Waals surface area contributed by atoms with Gasteiger partial charge >= 0.3 is 12.0 Å². The van der Waals surface area contributed by atoms with Gasteiger partial charge < -0.3 is 20.1 Å². The minimum atomic E-state index is -1.01. The molecule has 0 aromatic rings. The smallest absolute Gasteiger partial charge is 0.323 e. The monoisotopic (exact) mass is 232 g/mol. The van der Waals surface area contributed by atoms with Crippen LogP contribution in [0.15, 0.2) is 0 Å². The zero-order valence-electron chi connectivity index (χ0n) is 10.0. The van der Waals surface area contributed by atoms with Gasteiger partial charge in [-0.05, 0) is 13.3 Å². The number of carboxylic acids is 1. The molecule has 16 heavy (non-hydrogen) atoms. The highest BCUT2D eigenvalue weighted by Crippen LogP contribution is 1.94. The van der Waals surface area contributed by atoms with Crippen LogP contribution in [0.25, 0.3) is 0 Å². The van der Waals surface area contributed by atoms with E-state index in [1.54, 1.807) is 14.0 Å². The molecule has 0 saturated heterocycles. The van der Waals surface area contributed by atoms with E-state index in [1.165, 1.54) is 4.90 Å². The van der Waals surface area contributed by atoms with Gasteiger partial charge in [-0.25, -0.2) is 4.79 Å². The highest BCUT2D eigenvalue weighted by Gasteiger charge is 2.17. The van der Waals surface area contributed by atoms with E-state index >= 15 is 0 Å². The van der Waals surface area contributed by atoms with Gasteiger partial charge in [0.25, 0.3) is 0 Å². The van der Waals surface area contributed by atoms with Crippen molar-refractivity contribution >= 4 is 12.0 Å². The molecule has 0 radical (unpaired) electrons. The number of rotatable bonds is 7. The van der Waals surface area contributed by atoms with Crippen molar-refractivity contribution in [1.29, 1.82) is 0 Å². The Morgan fingerprint density at radius 2 is 2.12 bits per heavy atom. The number of carbonyl (C=O) groups excluding carboxylic acids is 1. The zero-order valence-corrected chi connectivity index (χ0v) is 10.0. The first-order valence-electron chi connectivity index (χ1n) is 5.27. The maximum Gasteiger partial charge on any atom is 0.323 e. The van der Waals surface area contributed by atoms with Gasteiger partial charge in [0.05, 0.1) is 12.6 Å². The number of nitrogens with one attached hydrogen (secondary N) is 1. The SMILES string of the molecule is CCCN(CC(=O)O)C(=O)NC(C)COC. The second kappa shape index (κ2) is 7.92. The standard InChI is InChI=1S/C10H20N2O4/c1-4-5-12(6-9(13)14)10(15)11-8(2)7-16-3/h8H,4-7H2,1-3H3,(H,11,15)(H,13,14). The quantitative estimate of drug-likeness (QED) is 0.671. The van der Waals surface area contributed by atoms with Gasteiger partial charge in [-0.15, -0.1) is 0 Å². The van der Waals surface area contributed by atoms with E-state index in [0.29, 0.717) is 13.2 Å². The number of urea groups is 1. The minimum absolute atomic E-state index is 0.134. The fourth-order valence-electron chi connectivity index (χ4n) is 1.28. The van der Waals surface area contributed by atoms with Crippen molar-refractivity contribution in [2.75, 3.05) is 26.8 Å². The molecule has 6 nitrogen and oxygen atoms in total. The summed E-state index contributed by atoms with van der Waals surface area (Å²) in [5, 5.41) is 11.3. The number of carboxylic acid groups (broad SMARTS) is 1. The summed E-state index contributed by atoms with van der Waals surface area (Å²) in [5.41, 5.74) is 0. The molecule has 0 bridgehead atoms. The van der Waals surface area contributed by atoms with E-state index in [2.05, 4.69) is 5.32 Å². The Labute approximate surface area is 95.6 Å². The van der Waals surface area contributed by atoms with Crippen molar-refractivity contribution in [2.45, 2.75) is 26.3 Å². The molecule has 0 saturated carbocycles. The van der Waals surface area contributed by atoms with Crippen molar-refractivity contribution < 1.29 is 19.4 Å². The lowest BCUT2D eigenvalue weighted by Gasteiger charge is -2.22. The fraction of sp³-hybridized carbons (Fsp3) is 0.800. The predicted octanol–water partition coefficient (Wildman–Crippen LogP) is 0.527. The molecule has 6 heteroatoms. The number of nitrogens with zero attached hydrogens (tertiary/aromatic N) is 1. The fourth-order valence-corrected chi connectivity index (χ4v) is 1.28. The summed E-state index contributed by atoms with van der Waals surface area (Å²) in [6.07, 6.45) is 0.722. The summed E-state index contributed by atoms with van der Waals surface area (Å²) >= 11 is 0. The lowest BCUT2D eigenvalue weighted by atomic mass is 10.3. The van der Waals surface area contributed by atoms with Crippen molar-refractivity contribution in [2.24, 2.45) is 0 Å². The van der Waals surface area contributed by atoms with Crippen LogP contribution in [-0.4, -0.2) is 54.9 Å². The number of hydrogen-bond donors (Lipinski definition) is 2. The van der Waals surface area contributed by atoms with E-state index in [9.17, 15) is 9.59 Å². The van der Waals surface area contributed by atoms with Crippen LogP contribution in [0.2, 0.25) is 0 Å². The zero-order chi connectivity index (χ0) is 12.6. The molecule has 0 spiro atoms. The highest BCUT2D eigenvalue weighted by atomic mass is 16.5. The van der Waals surface area contributed by atoms with Crippen LogP contribution in [0, 0.1) is 0 Å². The molecule has 0 aliphatic carbocycles. The van der Waals surface area contributed by atoms with Crippen LogP contribution in [0.4, 0.5) is 4.79 Å². The first kappa shape index (κ1) is 14.7. The second-order valence-electron chi connectivity index (χ2n) is 3.62. The first-order chi connectivity index (χ1) is 7.51. The Morgan fingerprint density at radius 1 is 1.50 bits per heavy atom. The topological polar surface area (TPSA) is 78.9 Å². The average Bonchev–Trinajstić information content (AvgIpc) is 2.16. The Morgan fingerprint density at radius 3 is 2.56 bits per heavy atom. The van der Waals surface area contributed by atoms with E-state index in [1.807, 2.05) is 6.92 Å². The number of carbonyl (C=O) groups is 2. The summed E-state index contributed by atoms with van der Waals surface area (Å²) < 4.78 is 4.88. The van der Waals surface area contributed by atoms with E-state index in [4.69, 9.17) is 9.84 Å². The van der Waals surface area contributed by atoms with Gasteiger partial charge in [0.15, 0.2) is 0 Å². The summed E-state index contributed by atoms with van der Waals surface area (Å²) in [5.74, 6) is -1.01. The van der Waals surface area contributed by atoms with Gasteiger partial charge in [-0.2, -0.15) is 0 Å². The summed E-state index contributed by atoms with van der Waals surface area (Å²) in [6, 6.07) is -0.501. The molecule has 0 rings (SSSR count). The van der Waals surface area contributed by atoms with E-state index < -0.39 is 5.97 Å². The third-order valence-corrected chi connectivity index (χ3v) is 1.89. The van der Waals surface area contributed by atoms with Crippen molar-refractivity contribution in [3.05, 3.63) is 0 Å². The predicted molar refractivity (Wildman–Crippen MR) is 59.4 cm³/mol. The van der Waals surface area contributed by atoms with Gasteiger partial charge in [0.1, 0.15) is 6.54 Å². The number of hydrogen-bond acceptors (Lipinski definition) is 3. The van der Waals surface area contributed by atoms with Crippen LogP contribution in [-0.2, 0) is 9.53 Å². The molecule has 1 unspecified atom stereocenters. The molecule has 0 aliphatic rings. The van der Waals surface area contributed by atoms with E-state index in [-0.39, 0.29) is 18.6 Å². The van der Waals surface area contributed by atoms with Crippen LogP contribution in [0.1, 0.15) is 20.3 Å². The normalized spacial score (nSPS) is 11.9. The largest absolute Gasteiger partial charge is 0.480 e. The Balaban J connectivity index is 4.20. The number of amides is 2. The molecule has 0 heterocycles. The Kier molecular flexibility index (Phi) is 7.28. The molecule has 1 atom stereocenters. The summed E-state index contributed by atoms with van der Waals surface area (Å²) in [4.78, 5) is 23.5. The first-order valence-corrected chi connectivity index (χ1v) is 5.27. The molecule has 0 aliphatic heterocycles. The lowest BCUT2D eigenvalue weighted by Crippen LogP contribution is -2.47. The second-order valence-corrected chi connectivity index (χ2v) is 3.62. The minimum Gasteiger partial charge on any atom is -0.480 e. The maximum atomic E-state index is 11.6. The third-order valence-electron chi connectivity index (χ3n) is 1.89. The van der Waals surface area contributed by atoms with Crippen LogP contribution >= 0.6 is 0 Å². The van der Waals surface area contributed by atoms with Crippen molar-refractivity contribution in [1.82, 2.24) is 10.2 Å². The van der Waals surface area contributed by atoms with Crippen molar-refractivity contribution in [3.8, 4) is 0 Å². The van der Waals surface area contributed by atoms with Crippen LogP contribution in [0.3, 0.4) is 0 Å². The van der Waals surface area contributed by atoms with Gasteiger partial charge in [-0.1, -0.05) is 6.92 Å². The van der Waals surface area contributed by atoms with Gasteiger partial charge in [-0.3, -0.25) is 4.79 Å². The summed E-state index contributed by atoms with van der Waals surface area (Å²) in [6.45, 7) is 4.24. The highest BCUT2D eigenvalue weighted by molar-refractivity contribution is 5.80. The molecular formula is C10H20N2O4. The Bertz CT molecular complexity index is 233. The molecular weight excluding hydrogens is 212 g/mol. The van der Waals surface area contributed by atoms with E-state index in [0.717, 1.165) is 6.42 Å². The number of ether oxygens (including phenoxy) is 1. The molecule has 0 aromatic heterocycles.